The Labute approximate surface area is 117 Å². The second-order valence-electron chi connectivity index (χ2n) is 4.75. The summed E-state index contributed by atoms with van der Waals surface area (Å²) in [5, 5.41) is 14.1. The molecular formula is C11H13F3N4O3. The zero-order chi connectivity index (χ0) is 15.8. The number of halogens is 3. The SMILES string of the molecule is CN1CCN(C(=O)c2cc(C(F)(F)F)[nH]n2)CC1C(=O)O. The van der Waals surface area contributed by atoms with Crippen LogP contribution in [0.25, 0.3) is 0 Å². The number of carbonyl (C=O) groups excluding carboxylic acids is 1. The average Bonchev–Trinajstić information content (AvgIpc) is 2.87. The molecule has 7 nitrogen and oxygen atoms in total. The third-order valence-corrected chi connectivity index (χ3v) is 3.32. The van der Waals surface area contributed by atoms with Gasteiger partial charge < -0.3 is 10.0 Å². The normalized spacial score (nSPS) is 20.6. The van der Waals surface area contributed by atoms with Crippen molar-refractivity contribution >= 4 is 11.9 Å². The van der Waals surface area contributed by atoms with E-state index in [0.717, 1.165) is 0 Å². The van der Waals surface area contributed by atoms with Crippen LogP contribution < -0.4 is 0 Å². The average molecular weight is 306 g/mol. The Morgan fingerprint density at radius 1 is 1.43 bits per heavy atom. The van der Waals surface area contributed by atoms with Gasteiger partial charge in [0, 0.05) is 25.7 Å². The number of nitrogens with zero attached hydrogens (tertiary/aromatic N) is 3. The van der Waals surface area contributed by atoms with Crippen LogP contribution >= 0.6 is 0 Å². The van der Waals surface area contributed by atoms with E-state index in [-0.39, 0.29) is 18.8 Å². The lowest BCUT2D eigenvalue weighted by molar-refractivity contribution is -0.144. The van der Waals surface area contributed by atoms with Crippen LogP contribution in [0, 0.1) is 0 Å². The maximum atomic E-state index is 12.4. The van der Waals surface area contributed by atoms with Crippen molar-refractivity contribution in [2.45, 2.75) is 12.2 Å². The number of likely N-dealkylation sites (N-methyl/N-ethyl adjacent to an activating group) is 1. The van der Waals surface area contributed by atoms with Crippen LogP contribution in [0.15, 0.2) is 6.07 Å². The molecule has 0 spiro atoms. The van der Waals surface area contributed by atoms with E-state index in [4.69, 9.17) is 5.11 Å². The third kappa shape index (κ3) is 3.15. The fourth-order valence-corrected chi connectivity index (χ4v) is 2.06. The van der Waals surface area contributed by atoms with Crippen molar-refractivity contribution in [3.05, 3.63) is 17.5 Å². The molecule has 1 aliphatic rings. The molecule has 21 heavy (non-hydrogen) atoms. The van der Waals surface area contributed by atoms with Gasteiger partial charge in [-0.25, -0.2) is 0 Å². The van der Waals surface area contributed by atoms with Gasteiger partial charge in [-0.2, -0.15) is 18.3 Å². The van der Waals surface area contributed by atoms with E-state index in [0.29, 0.717) is 12.6 Å². The topological polar surface area (TPSA) is 89.5 Å². The Bertz CT molecular complexity index is 557. The van der Waals surface area contributed by atoms with Gasteiger partial charge in [-0.05, 0) is 7.05 Å². The number of H-pyrrole nitrogens is 1. The molecule has 1 aromatic rings. The van der Waals surface area contributed by atoms with Gasteiger partial charge in [0.1, 0.15) is 11.7 Å². The highest BCUT2D eigenvalue weighted by molar-refractivity contribution is 5.93. The highest BCUT2D eigenvalue weighted by Crippen LogP contribution is 2.28. The second-order valence-corrected chi connectivity index (χ2v) is 4.75. The summed E-state index contributed by atoms with van der Waals surface area (Å²) in [6, 6.07) is -0.264. The monoisotopic (exact) mass is 306 g/mol. The number of carboxylic acid groups (broad SMARTS) is 1. The molecule has 2 rings (SSSR count). The van der Waals surface area contributed by atoms with Crippen LogP contribution in [-0.4, -0.2) is 69.7 Å². The molecule has 1 fully saturated rings. The lowest BCUT2D eigenvalue weighted by atomic mass is 10.1. The standard InChI is InChI=1S/C11H13F3N4O3/c1-17-2-3-18(5-7(17)10(20)21)9(19)6-4-8(16-15-6)11(12,13)14/h4,7H,2-3,5H2,1H3,(H,15,16)(H,20,21). The molecule has 1 saturated heterocycles. The fourth-order valence-electron chi connectivity index (χ4n) is 2.06. The molecular weight excluding hydrogens is 293 g/mol. The van der Waals surface area contributed by atoms with E-state index in [2.05, 4.69) is 5.10 Å². The maximum Gasteiger partial charge on any atom is 0.432 e. The third-order valence-electron chi connectivity index (χ3n) is 3.32. The molecule has 0 radical (unpaired) electrons. The van der Waals surface area contributed by atoms with Crippen molar-refractivity contribution in [2.75, 3.05) is 26.7 Å². The van der Waals surface area contributed by atoms with Crippen LogP contribution in [0.3, 0.4) is 0 Å². The Balaban J connectivity index is 2.13. The predicted octanol–water partition coefficient (Wildman–Crippen LogP) is 0.269. The highest BCUT2D eigenvalue weighted by Gasteiger charge is 2.36. The van der Waals surface area contributed by atoms with E-state index in [1.807, 2.05) is 0 Å². The van der Waals surface area contributed by atoms with Gasteiger partial charge in [-0.3, -0.25) is 19.6 Å². The maximum absolute atomic E-state index is 12.4. The molecule has 0 aliphatic carbocycles. The lowest BCUT2D eigenvalue weighted by Gasteiger charge is -2.36. The van der Waals surface area contributed by atoms with Crippen LogP contribution in [0.4, 0.5) is 13.2 Å². The van der Waals surface area contributed by atoms with Crippen molar-refractivity contribution in [1.29, 1.82) is 0 Å². The Morgan fingerprint density at radius 2 is 2.10 bits per heavy atom. The van der Waals surface area contributed by atoms with Crippen LogP contribution in [0.2, 0.25) is 0 Å². The predicted molar refractivity (Wildman–Crippen MR) is 63.5 cm³/mol. The van der Waals surface area contributed by atoms with Gasteiger partial charge in [-0.15, -0.1) is 0 Å². The smallest absolute Gasteiger partial charge is 0.432 e. The summed E-state index contributed by atoms with van der Waals surface area (Å²) in [7, 11) is 1.61. The first-order chi connectivity index (χ1) is 9.70. The van der Waals surface area contributed by atoms with Crippen LogP contribution in [0.1, 0.15) is 16.2 Å². The number of aliphatic carboxylic acids is 1. The minimum absolute atomic E-state index is 0.0983. The summed E-state index contributed by atoms with van der Waals surface area (Å²) in [5.41, 5.74) is -1.49. The number of amides is 1. The number of alkyl halides is 3. The first-order valence-electron chi connectivity index (χ1n) is 6.05. The van der Waals surface area contributed by atoms with Gasteiger partial charge in [0.15, 0.2) is 5.69 Å². The highest BCUT2D eigenvalue weighted by atomic mass is 19.4. The largest absolute Gasteiger partial charge is 0.480 e. The number of carbonyl (C=O) groups is 2. The zero-order valence-corrected chi connectivity index (χ0v) is 11.0. The van der Waals surface area contributed by atoms with Gasteiger partial charge in [0.25, 0.3) is 5.91 Å². The molecule has 0 bridgehead atoms. The van der Waals surface area contributed by atoms with Gasteiger partial charge in [0.2, 0.25) is 0 Å². The van der Waals surface area contributed by atoms with Gasteiger partial charge >= 0.3 is 12.1 Å². The lowest BCUT2D eigenvalue weighted by Crippen LogP contribution is -2.56. The van der Waals surface area contributed by atoms with Crippen molar-refractivity contribution in [3.8, 4) is 0 Å². The summed E-state index contributed by atoms with van der Waals surface area (Å²) in [6.45, 7) is 0.450. The van der Waals surface area contributed by atoms with Gasteiger partial charge in [0.05, 0.1) is 0 Å². The molecule has 1 aromatic heterocycles. The second kappa shape index (κ2) is 5.35. The molecule has 116 valence electrons. The van der Waals surface area contributed by atoms with E-state index >= 15 is 0 Å². The molecule has 1 amide bonds. The minimum atomic E-state index is -4.61. The zero-order valence-electron chi connectivity index (χ0n) is 11.0. The number of piperazine rings is 1. The van der Waals surface area contributed by atoms with Crippen LogP contribution in [0.5, 0.6) is 0 Å². The van der Waals surface area contributed by atoms with Crippen molar-refractivity contribution in [1.82, 2.24) is 20.0 Å². The minimum Gasteiger partial charge on any atom is -0.480 e. The van der Waals surface area contributed by atoms with Crippen molar-refractivity contribution < 1.29 is 27.9 Å². The Hall–Kier alpha value is -2.10. The quantitative estimate of drug-likeness (QED) is 0.818. The van der Waals surface area contributed by atoms with E-state index in [1.54, 1.807) is 17.0 Å². The number of aromatic nitrogens is 2. The summed E-state index contributed by atoms with van der Waals surface area (Å²) < 4.78 is 37.3. The molecule has 2 N–H and O–H groups in total. The fraction of sp³-hybridized carbons (Fsp3) is 0.545. The van der Waals surface area contributed by atoms with E-state index < -0.39 is 29.8 Å². The molecule has 1 aliphatic heterocycles. The van der Waals surface area contributed by atoms with Crippen molar-refractivity contribution in [2.24, 2.45) is 0 Å². The summed E-state index contributed by atoms with van der Waals surface area (Å²) >= 11 is 0. The summed E-state index contributed by atoms with van der Waals surface area (Å²) in [6.07, 6.45) is -4.61. The number of nitrogens with one attached hydrogen (secondary N) is 1. The first-order valence-corrected chi connectivity index (χ1v) is 6.05. The number of carboxylic acids is 1. The summed E-state index contributed by atoms with van der Waals surface area (Å²) in [5.74, 6) is -1.81. The first kappa shape index (κ1) is 15.3. The number of aromatic amines is 1. The molecule has 0 saturated carbocycles. The molecule has 1 unspecified atom stereocenters. The van der Waals surface area contributed by atoms with E-state index in [9.17, 15) is 22.8 Å². The van der Waals surface area contributed by atoms with Crippen molar-refractivity contribution in [3.63, 3.8) is 0 Å². The molecule has 0 aromatic carbocycles. The molecule has 10 heteroatoms. The number of hydrogen-bond donors (Lipinski definition) is 2. The van der Waals surface area contributed by atoms with E-state index in [1.165, 1.54) is 4.90 Å². The number of hydrogen-bond acceptors (Lipinski definition) is 4. The molecule has 1 atom stereocenters. The number of rotatable bonds is 2. The Kier molecular flexibility index (Phi) is 3.90. The van der Waals surface area contributed by atoms with Gasteiger partial charge in [-0.1, -0.05) is 0 Å². The van der Waals surface area contributed by atoms with Crippen LogP contribution in [-0.2, 0) is 11.0 Å². The Morgan fingerprint density at radius 3 is 2.62 bits per heavy atom. The summed E-state index contributed by atoms with van der Waals surface area (Å²) in [4.78, 5) is 25.9. The molecule has 2 heterocycles.